The second-order valence-corrected chi connectivity index (χ2v) is 24.1. The summed E-state index contributed by atoms with van der Waals surface area (Å²) in [5, 5.41) is 0. The van der Waals surface area contributed by atoms with Gasteiger partial charge in [-0.3, -0.25) is 14.4 Å². The summed E-state index contributed by atoms with van der Waals surface area (Å²) in [6.07, 6.45) is 92.2. The Morgan fingerprint density at radius 3 is 0.744 bits per heavy atom. The molecule has 0 amide bonds. The Labute approximate surface area is 510 Å². The highest BCUT2D eigenvalue weighted by atomic mass is 16.6. The van der Waals surface area contributed by atoms with Gasteiger partial charge >= 0.3 is 17.9 Å². The molecule has 0 aliphatic carbocycles. The molecule has 6 heteroatoms. The minimum absolute atomic E-state index is 0.0882. The molecule has 0 rings (SSSR count). The standard InChI is InChI=1S/C76H136O6/c1-4-7-10-13-16-19-22-25-28-31-34-37-38-40-42-45-48-51-54-57-60-63-66-69-75(78)81-72-73(71-80-74(77)68-65-62-59-56-53-50-47-44-41-36-33-30-27-24-21-18-15-12-9-6-3)82-76(79)70-67-64-61-58-55-52-49-46-43-39-35-32-29-26-23-20-17-14-11-8-5-2/h8,11,17,20,26,29,35,39,46,49,55,58,73H,4-7,9-10,12-16,18-19,21-25,27-28,30-34,36-38,40-45,47-48,50-54,56-57,59-72H2,1-3H3/b11-8-,20-17-,29-26-,39-35-,49-46-,58-55-. The van der Waals surface area contributed by atoms with Crippen LogP contribution in [0.5, 0.6) is 0 Å². The van der Waals surface area contributed by atoms with Crippen LogP contribution < -0.4 is 0 Å². The molecule has 0 fully saturated rings. The lowest BCUT2D eigenvalue weighted by molar-refractivity contribution is -0.167. The van der Waals surface area contributed by atoms with E-state index in [1.165, 1.54) is 238 Å². The number of unbranched alkanes of at least 4 members (excludes halogenated alkanes) is 43. The van der Waals surface area contributed by atoms with Gasteiger partial charge in [0.1, 0.15) is 13.2 Å². The monoisotopic (exact) mass is 1150 g/mol. The first kappa shape index (κ1) is 78.8. The molecule has 0 saturated heterocycles. The first-order chi connectivity index (χ1) is 40.5. The van der Waals surface area contributed by atoms with Gasteiger partial charge in [-0.25, -0.2) is 0 Å². The highest BCUT2D eigenvalue weighted by Gasteiger charge is 2.19. The fraction of sp³-hybridized carbons (Fsp3) is 0.803. The van der Waals surface area contributed by atoms with Gasteiger partial charge in [0.25, 0.3) is 0 Å². The molecule has 0 radical (unpaired) electrons. The van der Waals surface area contributed by atoms with Crippen LogP contribution >= 0.6 is 0 Å². The number of hydrogen-bond acceptors (Lipinski definition) is 6. The maximum absolute atomic E-state index is 13.0. The van der Waals surface area contributed by atoms with Gasteiger partial charge in [-0.15, -0.1) is 0 Å². The van der Waals surface area contributed by atoms with E-state index in [0.717, 1.165) is 89.9 Å². The lowest BCUT2D eigenvalue weighted by Gasteiger charge is -2.18. The third kappa shape index (κ3) is 67.6. The molecular weight excluding hydrogens is 1010 g/mol. The third-order valence-corrected chi connectivity index (χ3v) is 16.0. The molecule has 1 unspecified atom stereocenters. The fourth-order valence-electron chi connectivity index (χ4n) is 10.6. The number of ether oxygens (including phenoxy) is 3. The number of hydrogen-bond donors (Lipinski definition) is 0. The molecule has 0 aromatic heterocycles. The number of rotatable bonds is 66. The maximum Gasteiger partial charge on any atom is 0.306 e. The molecule has 0 saturated carbocycles. The second-order valence-electron chi connectivity index (χ2n) is 24.1. The predicted octanol–water partition coefficient (Wildman–Crippen LogP) is 24.8. The lowest BCUT2D eigenvalue weighted by atomic mass is 10.0. The van der Waals surface area contributed by atoms with Crippen molar-refractivity contribution in [3.63, 3.8) is 0 Å². The van der Waals surface area contributed by atoms with E-state index >= 15 is 0 Å². The molecule has 6 nitrogen and oxygen atoms in total. The SMILES string of the molecule is CC/C=C\C/C=C\C/C=C\C/C=C\C/C=C\C/C=C\CCCCC(=O)OC(COC(=O)CCCCCCCCCCCCCCCCCCCCCC)COC(=O)CCCCCCCCCCCCCCCCCCCCCCCCC. The zero-order valence-corrected chi connectivity index (χ0v) is 54.8. The molecule has 0 bridgehead atoms. The van der Waals surface area contributed by atoms with Gasteiger partial charge in [0, 0.05) is 19.3 Å². The van der Waals surface area contributed by atoms with E-state index in [-0.39, 0.29) is 37.5 Å². The van der Waals surface area contributed by atoms with E-state index in [1.54, 1.807) is 0 Å². The van der Waals surface area contributed by atoms with Crippen molar-refractivity contribution < 1.29 is 28.6 Å². The average Bonchev–Trinajstić information content (AvgIpc) is 3.47. The zero-order valence-electron chi connectivity index (χ0n) is 54.8. The van der Waals surface area contributed by atoms with E-state index < -0.39 is 6.10 Å². The van der Waals surface area contributed by atoms with Gasteiger partial charge in [-0.05, 0) is 70.6 Å². The van der Waals surface area contributed by atoms with Crippen molar-refractivity contribution in [1.29, 1.82) is 0 Å². The first-order valence-electron chi connectivity index (χ1n) is 35.9. The number of carbonyl (C=O) groups is 3. The van der Waals surface area contributed by atoms with E-state index in [4.69, 9.17) is 14.2 Å². The van der Waals surface area contributed by atoms with Crippen LogP contribution in [0.25, 0.3) is 0 Å². The van der Waals surface area contributed by atoms with Crippen LogP contribution in [0.15, 0.2) is 72.9 Å². The molecule has 0 heterocycles. The number of allylic oxidation sites excluding steroid dienone is 12. The highest BCUT2D eigenvalue weighted by molar-refractivity contribution is 5.71. The summed E-state index contributed by atoms with van der Waals surface area (Å²) in [7, 11) is 0. The summed E-state index contributed by atoms with van der Waals surface area (Å²) >= 11 is 0. The minimum atomic E-state index is -0.798. The molecular formula is C76H136O6. The summed E-state index contributed by atoms with van der Waals surface area (Å²) in [4.78, 5) is 38.5. The van der Waals surface area contributed by atoms with Gasteiger partial charge in [0.15, 0.2) is 6.10 Å². The van der Waals surface area contributed by atoms with Gasteiger partial charge in [0.05, 0.1) is 0 Å². The van der Waals surface area contributed by atoms with Crippen molar-refractivity contribution in [3.05, 3.63) is 72.9 Å². The molecule has 0 aromatic carbocycles. The van der Waals surface area contributed by atoms with Crippen LogP contribution in [-0.4, -0.2) is 37.2 Å². The highest BCUT2D eigenvalue weighted by Crippen LogP contribution is 2.18. The Bertz CT molecular complexity index is 1500. The van der Waals surface area contributed by atoms with Crippen LogP contribution in [-0.2, 0) is 28.6 Å². The fourth-order valence-corrected chi connectivity index (χ4v) is 10.6. The summed E-state index contributed by atoms with van der Waals surface area (Å²) in [5.74, 6) is -0.906. The summed E-state index contributed by atoms with van der Waals surface area (Å²) in [6, 6.07) is 0. The summed E-state index contributed by atoms with van der Waals surface area (Å²) in [5.41, 5.74) is 0. The molecule has 0 N–H and O–H groups in total. The topological polar surface area (TPSA) is 78.9 Å². The Kier molecular flexibility index (Phi) is 67.6. The smallest absolute Gasteiger partial charge is 0.306 e. The lowest BCUT2D eigenvalue weighted by Crippen LogP contribution is -2.30. The van der Waals surface area contributed by atoms with Crippen molar-refractivity contribution >= 4 is 17.9 Å². The summed E-state index contributed by atoms with van der Waals surface area (Å²) in [6.45, 7) is 6.56. The molecule has 0 aromatic rings. The molecule has 0 aliphatic rings. The van der Waals surface area contributed by atoms with Crippen molar-refractivity contribution in [3.8, 4) is 0 Å². The largest absolute Gasteiger partial charge is 0.462 e. The molecule has 1 atom stereocenters. The predicted molar refractivity (Wildman–Crippen MR) is 358 cm³/mol. The number of esters is 3. The Balaban J connectivity index is 4.39. The van der Waals surface area contributed by atoms with Gasteiger partial charge < -0.3 is 14.2 Å². The van der Waals surface area contributed by atoms with E-state index in [2.05, 4.69) is 93.7 Å². The van der Waals surface area contributed by atoms with Crippen molar-refractivity contribution in [2.45, 2.75) is 380 Å². The van der Waals surface area contributed by atoms with Gasteiger partial charge in [-0.2, -0.15) is 0 Å². The first-order valence-corrected chi connectivity index (χ1v) is 35.9. The minimum Gasteiger partial charge on any atom is -0.462 e. The Hall–Kier alpha value is -3.15. The van der Waals surface area contributed by atoms with E-state index in [1.807, 2.05) is 0 Å². The van der Waals surface area contributed by atoms with Crippen LogP contribution in [0, 0.1) is 0 Å². The molecule has 82 heavy (non-hydrogen) atoms. The quantitative estimate of drug-likeness (QED) is 0.0261. The Morgan fingerprint density at radius 1 is 0.256 bits per heavy atom. The number of carbonyl (C=O) groups excluding carboxylic acids is 3. The maximum atomic E-state index is 13.0. The van der Waals surface area contributed by atoms with Crippen LogP contribution in [0.2, 0.25) is 0 Å². The normalized spacial score (nSPS) is 12.5. The van der Waals surface area contributed by atoms with E-state index in [0.29, 0.717) is 19.3 Å². The third-order valence-electron chi connectivity index (χ3n) is 16.0. The van der Waals surface area contributed by atoms with E-state index in [9.17, 15) is 14.4 Å². The Morgan fingerprint density at radius 2 is 0.476 bits per heavy atom. The van der Waals surface area contributed by atoms with Crippen molar-refractivity contribution in [2.75, 3.05) is 13.2 Å². The molecule has 0 spiro atoms. The molecule has 0 aliphatic heterocycles. The van der Waals surface area contributed by atoms with Crippen molar-refractivity contribution in [1.82, 2.24) is 0 Å². The average molecular weight is 1150 g/mol. The molecule has 476 valence electrons. The van der Waals surface area contributed by atoms with Crippen LogP contribution in [0.3, 0.4) is 0 Å². The van der Waals surface area contributed by atoms with Gasteiger partial charge in [-0.1, -0.05) is 357 Å². The zero-order chi connectivity index (χ0) is 59.2. The summed E-state index contributed by atoms with van der Waals surface area (Å²) < 4.78 is 17.0. The van der Waals surface area contributed by atoms with Crippen molar-refractivity contribution in [2.24, 2.45) is 0 Å². The van der Waals surface area contributed by atoms with Crippen LogP contribution in [0.4, 0.5) is 0 Å². The second kappa shape index (κ2) is 70.3. The van der Waals surface area contributed by atoms with Crippen LogP contribution in [0.1, 0.15) is 374 Å². The van der Waals surface area contributed by atoms with Gasteiger partial charge in [0.2, 0.25) is 0 Å².